The molecule has 1 saturated heterocycles. The first-order chi connectivity index (χ1) is 7.88. The summed E-state index contributed by atoms with van der Waals surface area (Å²) >= 11 is 3.45. The molecule has 1 heterocycles. The van der Waals surface area contributed by atoms with Gasteiger partial charge < -0.3 is 9.47 Å². The molecule has 2 unspecified atom stereocenters. The third kappa shape index (κ3) is 3.72. The monoisotopic (exact) mass is 286 g/mol. The quantitative estimate of drug-likeness (QED) is 0.736. The average molecular weight is 287 g/mol. The maximum atomic E-state index is 5.89. The highest BCUT2D eigenvalue weighted by Gasteiger charge is 2.18. The van der Waals surface area contributed by atoms with Crippen LogP contribution in [-0.4, -0.2) is 24.3 Å². The molecule has 2 rings (SSSR count). The van der Waals surface area contributed by atoms with Crippen molar-refractivity contribution in [2.45, 2.75) is 44.5 Å². The first kappa shape index (κ1) is 12.3. The Labute approximate surface area is 106 Å². The summed E-state index contributed by atoms with van der Waals surface area (Å²) in [5.41, 5.74) is 1.40. The van der Waals surface area contributed by atoms with Gasteiger partial charge in [-0.05, 0) is 32.1 Å². The number of ether oxygens (including phenoxy) is 2. The second-order valence-electron chi connectivity index (χ2n) is 4.28. The van der Waals surface area contributed by atoms with E-state index in [1.807, 2.05) is 0 Å². The van der Waals surface area contributed by atoms with Crippen LogP contribution in [0.2, 0.25) is 0 Å². The van der Waals surface area contributed by atoms with Crippen LogP contribution in [0.4, 0.5) is 0 Å². The van der Waals surface area contributed by atoms with Gasteiger partial charge in [-0.1, -0.05) is 39.7 Å². The Bertz CT molecular complexity index is 267. The van der Waals surface area contributed by atoms with Crippen molar-refractivity contribution in [2.24, 2.45) is 0 Å². The summed E-state index contributed by atoms with van der Waals surface area (Å²) in [7, 11) is 0. The van der Waals surface area contributed by atoms with Crippen LogP contribution in [-0.2, 0) is 9.47 Å². The lowest BCUT2D eigenvalue weighted by Gasteiger charge is -2.27. The molecule has 0 saturated carbocycles. The Hall–Kier alpha value is -0.120. The molecule has 2 nitrogen and oxygen atoms in total. The van der Waals surface area contributed by atoms with E-state index in [-0.39, 0.29) is 12.4 Å². The number of hydrogen-bond acceptors (Lipinski definition) is 2. The van der Waals surface area contributed by atoms with Gasteiger partial charge in [0.15, 0.2) is 6.29 Å². The van der Waals surface area contributed by atoms with Gasteiger partial charge >= 0.3 is 0 Å². The average Bonchev–Trinajstić information content (AvgIpc) is 2.33. The van der Waals surface area contributed by atoms with Crippen LogP contribution in [0, 0.1) is 0 Å². The maximum absolute atomic E-state index is 5.89. The predicted octanol–water partition coefficient (Wildman–Crippen LogP) is 3.57. The Morgan fingerprint density at radius 3 is 3.00 bits per heavy atom. The standard InChI is InChI=1S/C13H19BrO2/c14-9-8-11-4-6-12(7-5-11)16-13-3-1-2-10-15-13/h4-6,12-13H,1-3,7-10H2. The number of halogens is 1. The molecule has 0 spiro atoms. The molecule has 0 aromatic carbocycles. The van der Waals surface area contributed by atoms with Crippen LogP contribution in [0.15, 0.2) is 23.8 Å². The van der Waals surface area contributed by atoms with Crippen molar-refractivity contribution in [3.05, 3.63) is 23.8 Å². The predicted molar refractivity (Wildman–Crippen MR) is 68.7 cm³/mol. The maximum Gasteiger partial charge on any atom is 0.158 e. The lowest BCUT2D eigenvalue weighted by molar-refractivity contribution is -0.177. The molecule has 16 heavy (non-hydrogen) atoms. The fourth-order valence-electron chi connectivity index (χ4n) is 2.05. The van der Waals surface area contributed by atoms with Crippen LogP contribution in [0.3, 0.4) is 0 Å². The molecule has 3 heteroatoms. The Morgan fingerprint density at radius 1 is 1.44 bits per heavy atom. The Kier molecular flexibility index (Phi) is 5.07. The molecule has 0 N–H and O–H groups in total. The van der Waals surface area contributed by atoms with Crippen LogP contribution >= 0.6 is 15.9 Å². The third-order valence-corrected chi connectivity index (χ3v) is 3.38. The van der Waals surface area contributed by atoms with E-state index in [4.69, 9.17) is 9.47 Å². The third-order valence-electron chi connectivity index (χ3n) is 2.98. The molecule has 0 aromatic heterocycles. The molecular formula is C13H19BrO2. The van der Waals surface area contributed by atoms with Crippen molar-refractivity contribution >= 4 is 15.9 Å². The highest BCUT2D eigenvalue weighted by Crippen LogP contribution is 2.21. The number of rotatable bonds is 4. The lowest BCUT2D eigenvalue weighted by atomic mass is 10.0. The Balaban J connectivity index is 1.74. The largest absolute Gasteiger partial charge is 0.353 e. The van der Waals surface area contributed by atoms with Gasteiger partial charge in [0.2, 0.25) is 0 Å². The highest BCUT2D eigenvalue weighted by molar-refractivity contribution is 9.09. The molecule has 0 radical (unpaired) electrons. The molecule has 1 aliphatic heterocycles. The minimum absolute atomic E-state index is 0.0227. The van der Waals surface area contributed by atoms with Gasteiger partial charge in [-0.15, -0.1) is 0 Å². The molecule has 1 aliphatic carbocycles. The van der Waals surface area contributed by atoms with Crippen LogP contribution in [0.5, 0.6) is 0 Å². The van der Waals surface area contributed by atoms with Crippen LogP contribution in [0.25, 0.3) is 0 Å². The topological polar surface area (TPSA) is 18.5 Å². The summed E-state index contributed by atoms with van der Waals surface area (Å²) in [6.45, 7) is 0.853. The van der Waals surface area contributed by atoms with Gasteiger partial charge in [0.05, 0.1) is 6.10 Å². The number of allylic oxidation sites excluding steroid dienone is 2. The van der Waals surface area contributed by atoms with Gasteiger partial charge in [0.1, 0.15) is 0 Å². The normalized spacial score (nSPS) is 30.2. The van der Waals surface area contributed by atoms with Crippen molar-refractivity contribution in [3.63, 3.8) is 0 Å². The van der Waals surface area contributed by atoms with Gasteiger partial charge in [0.25, 0.3) is 0 Å². The molecule has 0 bridgehead atoms. The van der Waals surface area contributed by atoms with Gasteiger partial charge in [0, 0.05) is 11.9 Å². The van der Waals surface area contributed by atoms with E-state index in [1.165, 1.54) is 18.4 Å². The Morgan fingerprint density at radius 2 is 2.38 bits per heavy atom. The van der Waals surface area contributed by atoms with E-state index in [1.54, 1.807) is 0 Å². The summed E-state index contributed by atoms with van der Waals surface area (Å²) in [6, 6.07) is 0. The molecule has 90 valence electrons. The number of alkyl halides is 1. The summed E-state index contributed by atoms with van der Waals surface area (Å²) in [4.78, 5) is 0. The van der Waals surface area contributed by atoms with Crippen molar-refractivity contribution in [1.82, 2.24) is 0 Å². The fraction of sp³-hybridized carbons (Fsp3) is 0.692. The number of hydrogen-bond donors (Lipinski definition) is 0. The van der Waals surface area contributed by atoms with Gasteiger partial charge in [-0.25, -0.2) is 0 Å². The molecule has 1 fully saturated rings. The lowest BCUT2D eigenvalue weighted by Crippen LogP contribution is -2.27. The van der Waals surface area contributed by atoms with Gasteiger partial charge in [-0.2, -0.15) is 0 Å². The highest BCUT2D eigenvalue weighted by atomic mass is 79.9. The van der Waals surface area contributed by atoms with Gasteiger partial charge in [-0.3, -0.25) is 0 Å². The minimum Gasteiger partial charge on any atom is -0.353 e. The first-order valence-corrected chi connectivity index (χ1v) is 7.21. The second-order valence-corrected chi connectivity index (χ2v) is 5.08. The van der Waals surface area contributed by atoms with E-state index >= 15 is 0 Å². The van der Waals surface area contributed by atoms with E-state index in [9.17, 15) is 0 Å². The fourth-order valence-corrected chi connectivity index (χ4v) is 2.51. The molecular weight excluding hydrogens is 268 g/mol. The van der Waals surface area contributed by atoms with E-state index in [2.05, 4.69) is 34.2 Å². The van der Waals surface area contributed by atoms with E-state index in [0.717, 1.165) is 31.2 Å². The summed E-state index contributed by atoms with van der Waals surface area (Å²) < 4.78 is 11.5. The second kappa shape index (κ2) is 6.58. The first-order valence-electron chi connectivity index (χ1n) is 6.09. The zero-order valence-corrected chi connectivity index (χ0v) is 11.1. The van der Waals surface area contributed by atoms with Crippen molar-refractivity contribution in [1.29, 1.82) is 0 Å². The van der Waals surface area contributed by atoms with Crippen LogP contribution < -0.4 is 0 Å². The van der Waals surface area contributed by atoms with Crippen molar-refractivity contribution in [3.8, 4) is 0 Å². The zero-order chi connectivity index (χ0) is 11.2. The van der Waals surface area contributed by atoms with E-state index in [0.29, 0.717) is 0 Å². The van der Waals surface area contributed by atoms with Crippen molar-refractivity contribution < 1.29 is 9.47 Å². The minimum atomic E-state index is 0.0227. The van der Waals surface area contributed by atoms with Crippen LogP contribution in [0.1, 0.15) is 32.1 Å². The summed E-state index contributed by atoms with van der Waals surface area (Å²) in [5.74, 6) is 0. The molecule has 2 aliphatic rings. The van der Waals surface area contributed by atoms with E-state index < -0.39 is 0 Å². The summed E-state index contributed by atoms with van der Waals surface area (Å²) in [6.07, 6.45) is 12.4. The molecule has 0 amide bonds. The SMILES string of the molecule is BrCCC1=CCC(OC2CCCCO2)C=C1. The molecule has 0 aromatic rings. The molecule has 2 atom stereocenters. The zero-order valence-electron chi connectivity index (χ0n) is 9.53. The summed E-state index contributed by atoms with van der Waals surface area (Å²) in [5, 5.41) is 1.03. The smallest absolute Gasteiger partial charge is 0.158 e. The van der Waals surface area contributed by atoms with Crippen molar-refractivity contribution in [2.75, 3.05) is 11.9 Å².